The first-order chi connectivity index (χ1) is 11.5. The van der Waals surface area contributed by atoms with Crippen LogP contribution in [0.15, 0.2) is 0 Å². The van der Waals surface area contributed by atoms with Crippen molar-refractivity contribution in [2.75, 3.05) is 39.4 Å². The third kappa shape index (κ3) is 3.73. The van der Waals surface area contributed by atoms with Crippen molar-refractivity contribution in [2.24, 2.45) is 0 Å². The molecule has 0 aromatic heterocycles. The van der Waals surface area contributed by atoms with Crippen LogP contribution >= 0.6 is 0 Å². The fourth-order valence-electron chi connectivity index (χ4n) is 4.08. The van der Waals surface area contributed by atoms with Crippen LogP contribution in [-0.2, 0) is 9.53 Å². The van der Waals surface area contributed by atoms with Crippen molar-refractivity contribution in [3.63, 3.8) is 0 Å². The highest BCUT2D eigenvalue weighted by atomic mass is 16.5. The normalized spacial score (nSPS) is 31.3. The van der Waals surface area contributed by atoms with Gasteiger partial charge in [-0.05, 0) is 26.7 Å². The van der Waals surface area contributed by atoms with Crippen LogP contribution in [0.25, 0.3) is 0 Å². The van der Waals surface area contributed by atoms with Gasteiger partial charge in [0.2, 0.25) is 0 Å². The molecule has 1 aliphatic carbocycles. The van der Waals surface area contributed by atoms with E-state index >= 15 is 0 Å². The van der Waals surface area contributed by atoms with E-state index in [1.807, 2.05) is 0 Å². The van der Waals surface area contributed by atoms with Crippen LogP contribution in [0.5, 0.6) is 0 Å². The number of nitrogens with zero attached hydrogens (tertiary/aromatic N) is 2. The lowest BCUT2D eigenvalue weighted by Crippen LogP contribution is -2.55. The monoisotopic (exact) mass is 338 g/mol. The number of imide groups is 1. The number of ether oxygens (including phenoxy) is 1. The van der Waals surface area contributed by atoms with Crippen molar-refractivity contribution in [2.45, 2.75) is 57.2 Å². The Balaban J connectivity index is 1.51. The molecule has 0 spiro atoms. The first kappa shape index (κ1) is 17.6. The average Bonchev–Trinajstić information content (AvgIpc) is 2.77. The van der Waals surface area contributed by atoms with Crippen LogP contribution in [0.2, 0.25) is 0 Å². The fourth-order valence-corrected chi connectivity index (χ4v) is 4.08. The summed E-state index contributed by atoms with van der Waals surface area (Å²) in [5, 5.41) is 6.34. The van der Waals surface area contributed by atoms with Crippen LogP contribution in [-0.4, -0.2) is 78.8 Å². The molecule has 0 bridgehead atoms. The Morgan fingerprint density at radius 3 is 2.58 bits per heavy atom. The largest absolute Gasteiger partial charge is 0.379 e. The predicted octanol–water partition coefficient (Wildman–Crippen LogP) is 0.550. The second kappa shape index (κ2) is 7.37. The SMILES string of the molecule is CC1(C)NC(=O)N(CCNC2CCCCC2N2CCOCC2)C1=O. The summed E-state index contributed by atoms with van der Waals surface area (Å²) < 4.78 is 5.47. The molecule has 1 saturated carbocycles. The highest BCUT2D eigenvalue weighted by Gasteiger charge is 2.44. The molecule has 3 fully saturated rings. The second-order valence-corrected chi connectivity index (χ2v) is 7.57. The summed E-state index contributed by atoms with van der Waals surface area (Å²) in [6.07, 6.45) is 4.90. The minimum Gasteiger partial charge on any atom is -0.379 e. The number of amides is 3. The van der Waals surface area contributed by atoms with Gasteiger partial charge in [-0.3, -0.25) is 14.6 Å². The molecule has 2 N–H and O–H groups in total. The van der Waals surface area contributed by atoms with Crippen molar-refractivity contribution in [3.05, 3.63) is 0 Å². The summed E-state index contributed by atoms with van der Waals surface area (Å²) in [6.45, 7) is 8.23. The van der Waals surface area contributed by atoms with E-state index in [0.717, 1.165) is 32.7 Å². The van der Waals surface area contributed by atoms with Crippen LogP contribution in [0.1, 0.15) is 39.5 Å². The quantitative estimate of drug-likeness (QED) is 0.716. The third-order valence-corrected chi connectivity index (χ3v) is 5.43. The minimum absolute atomic E-state index is 0.136. The van der Waals surface area contributed by atoms with Crippen molar-refractivity contribution in [1.82, 2.24) is 20.4 Å². The molecule has 2 heterocycles. The zero-order chi connectivity index (χ0) is 17.2. The summed E-state index contributed by atoms with van der Waals surface area (Å²) in [6, 6.07) is 0.702. The van der Waals surface area contributed by atoms with E-state index in [4.69, 9.17) is 4.74 Å². The fraction of sp³-hybridized carbons (Fsp3) is 0.882. The summed E-state index contributed by atoms with van der Waals surface area (Å²) in [7, 11) is 0. The Labute approximate surface area is 144 Å². The molecule has 136 valence electrons. The average molecular weight is 338 g/mol. The van der Waals surface area contributed by atoms with Gasteiger partial charge >= 0.3 is 6.03 Å². The maximum absolute atomic E-state index is 12.2. The second-order valence-electron chi connectivity index (χ2n) is 7.57. The van der Waals surface area contributed by atoms with Crippen LogP contribution in [0.4, 0.5) is 4.79 Å². The zero-order valence-corrected chi connectivity index (χ0v) is 14.8. The lowest BCUT2D eigenvalue weighted by molar-refractivity contribution is -0.130. The smallest absolute Gasteiger partial charge is 0.325 e. The van der Waals surface area contributed by atoms with Crippen molar-refractivity contribution in [3.8, 4) is 0 Å². The van der Waals surface area contributed by atoms with Crippen molar-refractivity contribution < 1.29 is 14.3 Å². The van der Waals surface area contributed by atoms with Gasteiger partial charge in [0, 0.05) is 38.3 Å². The molecule has 2 unspecified atom stereocenters. The van der Waals surface area contributed by atoms with Gasteiger partial charge in [0.1, 0.15) is 5.54 Å². The highest BCUT2D eigenvalue weighted by molar-refractivity contribution is 6.06. The number of rotatable bonds is 5. The molecular formula is C17H30N4O3. The van der Waals surface area contributed by atoms with E-state index in [1.54, 1.807) is 13.8 Å². The molecule has 0 aromatic rings. The number of carbonyl (C=O) groups is 2. The number of urea groups is 1. The molecule has 24 heavy (non-hydrogen) atoms. The summed E-state index contributed by atoms with van der Waals surface area (Å²) >= 11 is 0. The summed E-state index contributed by atoms with van der Waals surface area (Å²) in [5.41, 5.74) is -0.780. The topological polar surface area (TPSA) is 73.9 Å². The van der Waals surface area contributed by atoms with Gasteiger partial charge in [-0.15, -0.1) is 0 Å². The number of carbonyl (C=O) groups excluding carboxylic acids is 2. The molecule has 3 amide bonds. The molecule has 7 nitrogen and oxygen atoms in total. The van der Waals surface area contributed by atoms with Gasteiger partial charge in [0.05, 0.1) is 13.2 Å². The summed E-state index contributed by atoms with van der Waals surface area (Å²) in [4.78, 5) is 28.0. The molecule has 0 aromatic carbocycles. The van der Waals surface area contributed by atoms with Gasteiger partial charge in [-0.2, -0.15) is 0 Å². The summed E-state index contributed by atoms with van der Waals surface area (Å²) in [5.74, 6) is -0.136. The van der Waals surface area contributed by atoms with Gasteiger partial charge in [-0.1, -0.05) is 12.8 Å². The number of hydrogen-bond donors (Lipinski definition) is 2. The number of nitrogens with one attached hydrogen (secondary N) is 2. The maximum Gasteiger partial charge on any atom is 0.325 e. The highest BCUT2D eigenvalue weighted by Crippen LogP contribution is 2.24. The van der Waals surface area contributed by atoms with E-state index < -0.39 is 5.54 Å². The Morgan fingerprint density at radius 2 is 1.92 bits per heavy atom. The van der Waals surface area contributed by atoms with Crippen LogP contribution in [0.3, 0.4) is 0 Å². The lowest BCUT2D eigenvalue weighted by Gasteiger charge is -2.42. The predicted molar refractivity (Wildman–Crippen MR) is 90.8 cm³/mol. The molecule has 3 rings (SSSR count). The first-order valence-electron chi connectivity index (χ1n) is 9.18. The van der Waals surface area contributed by atoms with Crippen LogP contribution < -0.4 is 10.6 Å². The van der Waals surface area contributed by atoms with Gasteiger partial charge < -0.3 is 15.4 Å². The third-order valence-electron chi connectivity index (χ3n) is 5.43. The standard InChI is InChI=1S/C17H30N4O3/c1-17(2)15(22)21(16(23)19-17)8-7-18-13-5-3-4-6-14(13)20-9-11-24-12-10-20/h13-14,18H,3-12H2,1-2H3,(H,19,23). The van der Waals surface area contributed by atoms with Crippen LogP contribution in [0, 0.1) is 0 Å². The van der Waals surface area contributed by atoms with Crippen molar-refractivity contribution >= 4 is 11.9 Å². The Hall–Kier alpha value is -1.18. The number of hydrogen-bond acceptors (Lipinski definition) is 5. The number of morpholine rings is 1. The maximum atomic E-state index is 12.2. The Kier molecular flexibility index (Phi) is 5.42. The Morgan fingerprint density at radius 1 is 1.21 bits per heavy atom. The first-order valence-corrected chi connectivity index (χ1v) is 9.18. The van der Waals surface area contributed by atoms with E-state index in [0.29, 0.717) is 25.2 Å². The van der Waals surface area contributed by atoms with E-state index in [1.165, 1.54) is 24.2 Å². The van der Waals surface area contributed by atoms with E-state index in [9.17, 15) is 9.59 Å². The molecule has 7 heteroatoms. The van der Waals surface area contributed by atoms with Gasteiger partial charge in [-0.25, -0.2) is 4.79 Å². The van der Waals surface area contributed by atoms with Crippen molar-refractivity contribution in [1.29, 1.82) is 0 Å². The minimum atomic E-state index is -0.780. The Bertz CT molecular complexity index is 476. The van der Waals surface area contributed by atoms with Gasteiger partial charge in [0.15, 0.2) is 0 Å². The van der Waals surface area contributed by atoms with E-state index in [2.05, 4.69) is 15.5 Å². The molecular weight excluding hydrogens is 308 g/mol. The molecule has 2 atom stereocenters. The molecule has 3 aliphatic rings. The molecule has 2 aliphatic heterocycles. The van der Waals surface area contributed by atoms with Gasteiger partial charge in [0.25, 0.3) is 5.91 Å². The lowest BCUT2D eigenvalue weighted by atomic mass is 9.89. The zero-order valence-electron chi connectivity index (χ0n) is 14.8. The van der Waals surface area contributed by atoms with E-state index in [-0.39, 0.29) is 11.9 Å². The molecule has 2 saturated heterocycles. The molecule has 0 radical (unpaired) electrons.